The third kappa shape index (κ3) is 4.27. The van der Waals surface area contributed by atoms with Gasteiger partial charge in [0.1, 0.15) is 6.04 Å². The lowest BCUT2D eigenvalue weighted by Gasteiger charge is -2.17. The first-order valence-electron chi connectivity index (χ1n) is 6.24. The van der Waals surface area contributed by atoms with Crippen LogP contribution in [-0.4, -0.2) is 11.9 Å². The van der Waals surface area contributed by atoms with Gasteiger partial charge in [0.15, 0.2) is 0 Å². The molecule has 0 saturated carbocycles. The van der Waals surface area contributed by atoms with E-state index in [9.17, 15) is 4.79 Å². The molecule has 0 aromatic heterocycles. The third-order valence-electron chi connectivity index (χ3n) is 2.80. The molecule has 1 unspecified atom stereocenters. The van der Waals surface area contributed by atoms with Crippen molar-refractivity contribution in [3.8, 4) is 0 Å². The summed E-state index contributed by atoms with van der Waals surface area (Å²) in [5, 5.41) is 6.97. The normalized spacial score (nSPS) is 11.8. The zero-order valence-corrected chi connectivity index (χ0v) is 13.4. The van der Waals surface area contributed by atoms with Crippen molar-refractivity contribution in [2.75, 3.05) is 10.6 Å². The highest BCUT2D eigenvalue weighted by Crippen LogP contribution is 2.34. The second kappa shape index (κ2) is 7.03. The summed E-state index contributed by atoms with van der Waals surface area (Å²) in [6, 6.07) is 11.8. The van der Waals surface area contributed by atoms with E-state index in [1.165, 1.54) is 0 Å². The van der Waals surface area contributed by atoms with Crippen LogP contribution in [0.1, 0.15) is 6.92 Å². The maximum atomic E-state index is 12.1. The minimum atomic E-state index is -0.513. The first-order valence-corrected chi connectivity index (χ1v) is 7.38. The van der Waals surface area contributed by atoms with Gasteiger partial charge < -0.3 is 10.6 Å². The molecule has 0 bridgehead atoms. The Morgan fingerprint density at radius 1 is 1.05 bits per heavy atom. The lowest BCUT2D eigenvalue weighted by molar-refractivity contribution is -0.116. The molecule has 3 nitrogen and oxygen atoms in total. The van der Waals surface area contributed by atoms with Gasteiger partial charge in [-0.25, -0.2) is 0 Å². The molecule has 0 aliphatic carbocycles. The molecular weight excluding hydrogens is 331 g/mol. The molecule has 1 atom stereocenters. The molecule has 1 amide bonds. The molecule has 21 heavy (non-hydrogen) atoms. The number of anilines is 2. The highest BCUT2D eigenvalue weighted by Gasteiger charge is 2.16. The highest BCUT2D eigenvalue weighted by atomic mass is 35.5. The monoisotopic (exact) mass is 342 g/mol. The van der Waals surface area contributed by atoms with E-state index in [0.717, 1.165) is 5.69 Å². The third-order valence-corrected chi connectivity index (χ3v) is 3.62. The maximum absolute atomic E-state index is 12.1. The first-order chi connectivity index (χ1) is 9.97. The maximum Gasteiger partial charge on any atom is 0.246 e. The zero-order valence-electron chi connectivity index (χ0n) is 11.2. The number of nitrogens with one attached hydrogen (secondary N) is 2. The van der Waals surface area contributed by atoms with Crippen LogP contribution in [0.2, 0.25) is 15.1 Å². The number of para-hydroxylation sites is 1. The van der Waals surface area contributed by atoms with Gasteiger partial charge >= 0.3 is 0 Å². The predicted octanol–water partition coefficient (Wildman–Crippen LogP) is 5.09. The minimum absolute atomic E-state index is 0.191. The van der Waals surface area contributed by atoms with E-state index >= 15 is 0 Å². The smallest absolute Gasteiger partial charge is 0.246 e. The summed E-state index contributed by atoms with van der Waals surface area (Å²) >= 11 is 18.0. The fourth-order valence-electron chi connectivity index (χ4n) is 1.73. The summed E-state index contributed by atoms with van der Waals surface area (Å²) in [6.45, 7) is 1.72. The summed E-state index contributed by atoms with van der Waals surface area (Å²) in [4.78, 5) is 12.1. The summed E-state index contributed by atoms with van der Waals surface area (Å²) in [5.74, 6) is -0.191. The van der Waals surface area contributed by atoms with Gasteiger partial charge in [-0.05, 0) is 31.2 Å². The van der Waals surface area contributed by atoms with Crippen molar-refractivity contribution < 1.29 is 4.79 Å². The van der Waals surface area contributed by atoms with Crippen LogP contribution in [0.25, 0.3) is 0 Å². The molecule has 0 radical (unpaired) electrons. The van der Waals surface area contributed by atoms with E-state index in [0.29, 0.717) is 20.8 Å². The molecule has 0 heterocycles. The number of hydrogen-bond donors (Lipinski definition) is 2. The fraction of sp³-hybridized carbons (Fsp3) is 0.133. The fourth-order valence-corrected chi connectivity index (χ4v) is 2.66. The standard InChI is InChI=1S/C15H13Cl3N2O/c1-9(15(21)20-11-5-3-2-4-6-11)19-14-12(17)7-10(16)8-13(14)18/h2-9,19H,1H3,(H,20,21). The Morgan fingerprint density at radius 2 is 1.62 bits per heavy atom. The Kier molecular flexibility index (Phi) is 5.34. The molecule has 6 heteroatoms. The number of carbonyl (C=O) groups is 1. The van der Waals surface area contributed by atoms with Crippen molar-refractivity contribution in [1.29, 1.82) is 0 Å². The van der Waals surface area contributed by atoms with E-state index in [-0.39, 0.29) is 5.91 Å². The van der Waals surface area contributed by atoms with Crippen LogP contribution >= 0.6 is 34.8 Å². The van der Waals surface area contributed by atoms with E-state index in [4.69, 9.17) is 34.8 Å². The summed E-state index contributed by atoms with van der Waals surface area (Å²) in [6.07, 6.45) is 0. The lowest BCUT2D eigenvalue weighted by Crippen LogP contribution is -2.32. The molecular formula is C15H13Cl3N2O. The number of benzene rings is 2. The predicted molar refractivity (Wildman–Crippen MR) is 89.6 cm³/mol. The lowest BCUT2D eigenvalue weighted by atomic mass is 10.2. The van der Waals surface area contributed by atoms with Gasteiger partial charge in [-0.2, -0.15) is 0 Å². The Morgan fingerprint density at radius 3 is 2.19 bits per heavy atom. The van der Waals surface area contributed by atoms with Crippen LogP contribution in [0.4, 0.5) is 11.4 Å². The number of amides is 1. The number of hydrogen-bond acceptors (Lipinski definition) is 2. The van der Waals surface area contributed by atoms with Crippen LogP contribution in [0.5, 0.6) is 0 Å². The van der Waals surface area contributed by atoms with Crippen molar-refractivity contribution in [3.05, 3.63) is 57.5 Å². The quantitative estimate of drug-likeness (QED) is 0.812. The Bertz CT molecular complexity index is 624. The number of halogens is 3. The van der Waals surface area contributed by atoms with E-state index in [1.807, 2.05) is 30.3 Å². The van der Waals surface area contributed by atoms with E-state index in [2.05, 4.69) is 10.6 Å². The molecule has 0 spiro atoms. The van der Waals surface area contributed by atoms with Crippen LogP contribution in [-0.2, 0) is 4.79 Å². The summed E-state index contributed by atoms with van der Waals surface area (Å²) in [5.41, 5.74) is 1.21. The van der Waals surface area contributed by atoms with E-state index in [1.54, 1.807) is 19.1 Å². The van der Waals surface area contributed by atoms with Crippen LogP contribution in [0, 0.1) is 0 Å². The van der Waals surface area contributed by atoms with Crippen LogP contribution in [0.3, 0.4) is 0 Å². The van der Waals surface area contributed by atoms with Crippen molar-refractivity contribution in [3.63, 3.8) is 0 Å². The van der Waals surface area contributed by atoms with Crippen LogP contribution in [0.15, 0.2) is 42.5 Å². The van der Waals surface area contributed by atoms with E-state index < -0.39 is 6.04 Å². The van der Waals surface area contributed by atoms with Crippen molar-refractivity contribution in [2.24, 2.45) is 0 Å². The molecule has 0 fully saturated rings. The van der Waals surface area contributed by atoms with Crippen LogP contribution < -0.4 is 10.6 Å². The average Bonchev–Trinajstić information content (AvgIpc) is 2.43. The minimum Gasteiger partial charge on any atom is -0.371 e. The van der Waals surface area contributed by atoms with Gasteiger partial charge in [0.05, 0.1) is 15.7 Å². The largest absolute Gasteiger partial charge is 0.371 e. The molecule has 2 aromatic rings. The second-order valence-corrected chi connectivity index (χ2v) is 5.72. The molecule has 110 valence electrons. The molecule has 2 rings (SSSR count). The molecule has 0 aliphatic heterocycles. The average molecular weight is 344 g/mol. The van der Waals surface area contributed by atoms with Gasteiger partial charge in [-0.15, -0.1) is 0 Å². The Hall–Kier alpha value is -1.42. The zero-order chi connectivity index (χ0) is 15.4. The van der Waals surface area contributed by atoms with Gasteiger partial charge in [-0.1, -0.05) is 53.0 Å². The summed E-state index contributed by atoms with van der Waals surface area (Å²) in [7, 11) is 0. The second-order valence-electron chi connectivity index (χ2n) is 4.47. The Balaban J connectivity index is 2.08. The number of carbonyl (C=O) groups excluding carboxylic acids is 1. The molecule has 2 aromatic carbocycles. The molecule has 0 saturated heterocycles. The number of rotatable bonds is 4. The topological polar surface area (TPSA) is 41.1 Å². The SMILES string of the molecule is CC(Nc1c(Cl)cc(Cl)cc1Cl)C(=O)Nc1ccccc1. The van der Waals surface area contributed by atoms with Crippen molar-refractivity contribution >= 4 is 52.1 Å². The van der Waals surface area contributed by atoms with Gasteiger partial charge in [0.25, 0.3) is 0 Å². The molecule has 0 aliphatic rings. The van der Waals surface area contributed by atoms with Gasteiger partial charge in [0.2, 0.25) is 5.91 Å². The molecule has 2 N–H and O–H groups in total. The summed E-state index contributed by atoms with van der Waals surface area (Å²) < 4.78 is 0. The van der Waals surface area contributed by atoms with Crippen molar-refractivity contribution in [1.82, 2.24) is 0 Å². The van der Waals surface area contributed by atoms with Gasteiger partial charge in [-0.3, -0.25) is 4.79 Å². The highest BCUT2D eigenvalue weighted by molar-refractivity contribution is 6.41. The first kappa shape index (κ1) is 16.0. The van der Waals surface area contributed by atoms with Gasteiger partial charge in [0, 0.05) is 10.7 Å². The Labute approximate surface area is 138 Å². The van der Waals surface area contributed by atoms with Crippen molar-refractivity contribution in [2.45, 2.75) is 13.0 Å².